The number of carbonyl (C=O) groups excluding carboxylic acids is 2. The zero-order valence-electron chi connectivity index (χ0n) is 20.8. The smallest absolute Gasteiger partial charge is 0.389 e. The molecule has 0 fully saturated rings. The van der Waals surface area contributed by atoms with E-state index in [2.05, 4.69) is 20.6 Å². The molecule has 0 aliphatic heterocycles. The summed E-state index contributed by atoms with van der Waals surface area (Å²) >= 11 is 2.12. The number of nitrogens with one attached hydrogen (secondary N) is 2. The van der Waals surface area contributed by atoms with Crippen LogP contribution in [0, 0.1) is 5.82 Å². The zero-order chi connectivity index (χ0) is 28.6. The van der Waals surface area contributed by atoms with Crippen molar-refractivity contribution in [2.75, 3.05) is 0 Å². The highest BCUT2D eigenvalue weighted by Gasteiger charge is 2.32. The number of hydrogen-bond acceptors (Lipinski definition) is 8. The molecule has 3 rings (SSSR count). The summed E-state index contributed by atoms with van der Waals surface area (Å²) in [6.07, 6.45) is -5.22. The van der Waals surface area contributed by atoms with Crippen LogP contribution in [0.25, 0.3) is 10.6 Å². The third kappa shape index (κ3) is 9.64. The lowest BCUT2D eigenvalue weighted by molar-refractivity contribution is -0.136. The Morgan fingerprint density at radius 2 is 1.77 bits per heavy atom. The number of halogens is 4. The SMILES string of the molecule is CC(O)CC[C@H](NC(=O)c1cnc(-c2ccc(F)cc2)s1)C(=O)N[C@@H](CCCC(F)(F)F)C(O)c1nccs1. The van der Waals surface area contributed by atoms with Crippen molar-refractivity contribution in [3.8, 4) is 10.6 Å². The van der Waals surface area contributed by atoms with Crippen molar-refractivity contribution in [3.63, 3.8) is 0 Å². The first-order valence-corrected chi connectivity index (χ1v) is 13.8. The van der Waals surface area contributed by atoms with Crippen LogP contribution in [-0.2, 0) is 4.79 Å². The minimum absolute atomic E-state index is 0.0292. The number of amides is 2. The van der Waals surface area contributed by atoms with Crippen molar-refractivity contribution in [3.05, 3.63) is 57.7 Å². The van der Waals surface area contributed by atoms with Crippen LogP contribution in [0.15, 0.2) is 42.0 Å². The molecular formula is C25H28F4N4O4S2. The van der Waals surface area contributed by atoms with Gasteiger partial charge in [0.15, 0.2) is 0 Å². The molecule has 0 saturated carbocycles. The first-order valence-electron chi connectivity index (χ1n) is 12.1. The number of alkyl halides is 3. The quantitative estimate of drug-likeness (QED) is 0.216. The van der Waals surface area contributed by atoms with Crippen molar-refractivity contribution < 1.29 is 37.4 Å². The Labute approximate surface area is 230 Å². The van der Waals surface area contributed by atoms with Gasteiger partial charge in [-0.2, -0.15) is 13.2 Å². The lowest BCUT2D eigenvalue weighted by Gasteiger charge is -2.26. The minimum atomic E-state index is -4.39. The average Bonchev–Trinajstić information content (AvgIpc) is 3.58. The first-order chi connectivity index (χ1) is 18.4. The van der Waals surface area contributed by atoms with Crippen molar-refractivity contribution in [2.24, 2.45) is 0 Å². The third-order valence-electron chi connectivity index (χ3n) is 5.70. The Kier molecular flexibility index (Phi) is 10.9. The van der Waals surface area contributed by atoms with Gasteiger partial charge in [-0.25, -0.2) is 14.4 Å². The van der Waals surface area contributed by atoms with E-state index < -0.39 is 54.5 Å². The summed E-state index contributed by atoms with van der Waals surface area (Å²) in [5.41, 5.74) is 0.599. The van der Waals surface area contributed by atoms with Gasteiger partial charge in [-0.15, -0.1) is 22.7 Å². The van der Waals surface area contributed by atoms with E-state index in [-0.39, 0.29) is 35.6 Å². The molecule has 39 heavy (non-hydrogen) atoms. The van der Waals surface area contributed by atoms with Crippen LogP contribution in [0.4, 0.5) is 17.6 Å². The molecule has 2 unspecified atom stereocenters. The number of aliphatic hydroxyl groups excluding tert-OH is 2. The van der Waals surface area contributed by atoms with Crippen molar-refractivity contribution >= 4 is 34.5 Å². The molecule has 2 amide bonds. The molecule has 14 heteroatoms. The molecule has 0 spiro atoms. The van der Waals surface area contributed by atoms with Crippen LogP contribution in [0.1, 0.15) is 59.8 Å². The van der Waals surface area contributed by atoms with E-state index >= 15 is 0 Å². The van der Waals surface area contributed by atoms with Gasteiger partial charge in [-0.05, 0) is 56.9 Å². The van der Waals surface area contributed by atoms with Gasteiger partial charge in [0, 0.05) is 23.6 Å². The van der Waals surface area contributed by atoms with Gasteiger partial charge in [0.25, 0.3) is 5.91 Å². The molecule has 0 aliphatic carbocycles. The standard InChI is InChI=1S/C25H28F4N4O4S2/c1-14(34)4-9-18(33-22(37)19-13-31-23(39-19)15-5-7-16(26)8-6-15)21(36)32-17(3-2-10-25(27,28)29)20(35)24-30-11-12-38-24/h5-8,11-14,17-18,20,34-35H,2-4,9-10H2,1H3,(H,32,36)(H,33,37)/t14?,17-,18-,20?/m0/s1. The number of carbonyl (C=O) groups is 2. The summed E-state index contributed by atoms with van der Waals surface area (Å²) < 4.78 is 51.4. The van der Waals surface area contributed by atoms with Crippen molar-refractivity contribution in [2.45, 2.75) is 69.5 Å². The molecule has 2 heterocycles. The lowest BCUT2D eigenvalue weighted by atomic mass is 10.0. The van der Waals surface area contributed by atoms with Gasteiger partial charge in [0.1, 0.15) is 32.9 Å². The second kappa shape index (κ2) is 13.9. The Hall–Kier alpha value is -2.94. The maximum Gasteiger partial charge on any atom is 0.389 e. The molecule has 8 nitrogen and oxygen atoms in total. The van der Waals surface area contributed by atoms with Crippen molar-refractivity contribution in [1.82, 2.24) is 20.6 Å². The average molecular weight is 589 g/mol. The minimum Gasteiger partial charge on any atom is -0.393 e. The second-order valence-corrected chi connectivity index (χ2v) is 10.9. The number of benzene rings is 1. The largest absolute Gasteiger partial charge is 0.393 e. The summed E-state index contributed by atoms with van der Waals surface area (Å²) in [5, 5.41) is 27.9. The molecule has 4 atom stereocenters. The third-order valence-corrected chi connectivity index (χ3v) is 7.60. The van der Waals surface area contributed by atoms with Gasteiger partial charge in [-0.3, -0.25) is 9.59 Å². The Morgan fingerprint density at radius 1 is 1.05 bits per heavy atom. The number of hydrogen-bond donors (Lipinski definition) is 4. The molecule has 212 valence electrons. The highest BCUT2D eigenvalue weighted by molar-refractivity contribution is 7.16. The van der Waals surface area contributed by atoms with Crippen LogP contribution < -0.4 is 10.6 Å². The highest BCUT2D eigenvalue weighted by Crippen LogP contribution is 2.28. The Balaban J connectivity index is 1.73. The number of aromatic nitrogens is 2. The van der Waals surface area contributed by atoms with Crippen LogP contribution >= 0.6 is 22.7 Å². The number of rotatable bonds is 13. The van der Waals surface area contributed by atoms with E-state index in [1.165, 1.54) is 43.6 Å². The van der Waals surface area contributed by atoms with Gasteiger partial charge >= 0.3 is 6.18 Å². The lowest BCUT2D eigenvalue weighted by Crippen LogP contribution is -2.51. The number of thiazole rings is 2. The molecule has 3 aromatic rings. The summed E-state index contributed by atoms with van der Waals surface area (Å²) in [7, 11) is 0. The molecule has 0 aliphatic rings. The number of aliphatic hydroxyl groups is 2. The van der Waals surface area contributed by atoms with Crippen LogP contribution in [0.5, 0.6) is 0 Å². The molecule has 4 N–H and O–H groups in total. The monoisotopic (exact) mass is 588 g/mol. The van der Waals surface area contributed by atoms with Gasteiger partial charge in [0.05, 0.1) is 18.3 Å². The van der Waals surface area contributed by atoms with E-state index in [1.807, 2.05) is 0 Å². The number of nitrogens with zero attached hydrogens (tertiary/aromatic N) is 2. The zero-order valence-corrected chi connectivity index (χ0v) is 22.5. The van der Waals surface area contributed by atoms with E-state index in [4.69, 9.17) is 0 Å². The maximum absolute atomic E-state index is 13.2. The predicted octanol–water partition coefficient (Wildman–Crippen LogP) is 4.62. The first kappa shape index (κ1) is 30.6. The Bertz CT molecular complexity index is 1200. The van der Waals surface area contributed by atoms with E-state index in [0.29, 0.717) is 10.6 Å². The highest BCUT2D eigenvalue weighted by atomic mass is 32.1. The Morgan fingerprint density at radius 3 is 2.38 bits per heavy atom. The van der Waals surface area contributed by atoms with Crippen LogP contribution in [-0.4, -0.2) is 56.4 Å². The molecule has 0 bridgehead atoms. The van der Waals surface area contributed by atoms with Crippen LogP contribution in [0.2, 0.25) is 0 Å². The predicted molar refractivity (Wildman–Crippen MR) is 139 cm³/mol. The van der Waals surface area contributed by atoms with Gasteiger partial charge < -0.3 is 20.8 Å². The van der Waals surface area contributed by atoms with E-state index in [0.717, 1.165) is 22.7 Å². The van der Waals surface area contributed by atoms with E-state index in [1.54, 1.807) is 5.38 Å². The fraction of sp³-hybridized carbons (Fsp3) is 0.440. The fourth-order valence-electron chi connectivity index (χ4n) is 3.68. The molecule has 0 radical (unpaired) electrons. The summed E-state index contributed by atoms with van der Waals surface area (Å²) in [6, 6.07) is 3.31. The normalized spacial score (nSPS) is 14.8. The molecule has 1 aromatic carbocycles. The second-order valence-electron chi connectivity index (χ2n) is 8.93. The fourth-order valence-corrected chi connectivity index (χ4v) is 5.19. The topological polar surface area (TPSA) is 124 Å². The molecule has 2 aromatic heterocycles. The summed E-state index contributed by atoms with van der Waals surface area (Å²) in [5.74, 6) is -1.77. The van der Waals surface area contributed by atoms with Gasteiger partial charge in [0.2, 0.25) is 5.91 Å². The molecule has 0 saturated heterocycles. The van der Waals surface area contributed by atoms with Gasteiger partial charge in [-0.1, -0.05) is 0 Å². The molecular weight excluding hydrogens is 560 g/mol. The van der Waals surface area contributed by atoms with E-state index in [9.17, 15) is 37.4 Å². The summed E-state index contributed by atoms with van der Waals surface area (Å²) in [6.45, 7) is 1.51. The van der Waals surface area contributed by atoms with Crippen LogP contribution in [0.3, 0.4) is 0 Å². The summed E-state index contributed by atoms with van der Waals surface area (Å²) in [4.78, 5) is 34.5. The maximum atomic E-state index is 13.2. The van der Waals surface area contributed by atoms with Crippen molar-refractivity contribution in [1.29, 1.82) is 0 Å².